The van der Waals surface area contributed by atoms with Crippen LogP contribution in [0.15, 0.2) is 133 Å². The molecular formula is C59H61N17O21. The van der Waals surface area contributed by atoms with Gasteiger partial charge in [0.15, 0.2) is 11.7 Å². The molecule has 7 heterocycles. The smallest absolute Gasteiger partial charge is 0.364 e. The van der Waals surface area contributed by atoms with Crippen molar-refractivity contribution in [1.29, 1.82) is 0 Å². The number of piperazine rings is 3. The summed E-state index contributed by atoms with van der Waals surface area (Å²) in [5, 5.41) is 84.6. The highest BCUT2D eigenvalue weighted by Crippen LogP contribution is 2.28. The number of anilines is 3. The molecule has 4 aromatic carbocycles. The molecule has 97 heavy (non-hydrogen) atoms. The number of nitrogens with one attached hydrogen (secondary N) is 2. The summed E-state index contributed by atoms with van der Waals surface area (Å²) in [4.78, 5) is 167. The summed E-state index contributed by atoms with van der Waals surface area (Å²) < 4.78 is 0. The molecule has 0 saturated carbocycles. The first kappa shape index (κ1) is 71.5. The van der Waals surface area contributed by atoms with E-state index < -0.39 is 86.4 Å². The average Bonchev–Trinajstić information content (AvgIpc) is 1.16. The number of hydroxylamine groups is 2. The first-order chi connectivity index (χ1) is 46.3. The first-order valence-electron chi connectivity index (χ1n) is 29.1. The largest absolute Gasteiger partial charge is 0.505 e. The standard InChI is InChI=1S/C16H15N5O5.C16H21N5O4.C11H8N2O6.C9H12N4O2.C7H5NO4/c22-14(11-3-1-4-12(9-11)21(25)26)20-8-7-19(10-13(20)15(23)24)16-17-5-2-6-18-16;17-11-4-1-3-10(13(11)22)14(23)21-8-7-20(9-12(21)15(24)25)16-18-5-2-6-19-16;14-9-4-5-10(15)12(9)19-11(16)7-2-1-3-8(6-7)13(17)18;14-8(15)7-6-13(5-4-10-7)9-11-2-1-3-12-9;9-7(10)5-2-1-3-6(4-5)8(11)12/h1-6,9,13H,7-8,10H2,(H,23,24);1,3-4,12,22H,2,5-9,17H2,(H,18,19)(H,24,25);1-3,6H,4-5H2;1-3,7,10H,4-6H2,(H,14,15);1-4H,(H,9,10). The summed E-state index contributed by atoms with van der Waals surface area (Å²) in [7, 11) is 0. The Morgan fingerprint density at radius 3 is 1.54 bits per heavy atom. The van der Waals surface area contributed by atoms with Crippen LogP contribution in [0.5, 0.6) is 5.75 Å². The van der Waals surface area contributed by atoms with Gasteiger partial charge in [-0.1, -0.05) is 24.3 Å². The van der Waals surface area contributed by atoms with E-state index in [1.165, 1.54) is 76.5 Å². The molecule has 4 saturated heterocycles. The second-order valence-electron chi connectivity index (χ2n) is 20.9. The molecule has 4 fully saturated rings. The lowest BCUT2D eigenvalue weighted by Gasteiger charge is -2.41. The van der Waals surface area contributed by atoms with Crippen molar-refractivity contribution in [2.24, 2.45) is 4.99 Å². The Labute approximate surface area is 547 Å². The van der Waals surface area contributed by atoms with Crippen molar-refractivity contribution < 1.29 is 88.3 Å². The van der Waals surface area contributed by atoms with Gasteiger partial charge in [0.05, 0.1) is 50.2 Å². The zero-order valence-electron chi connectivity index (χ0n) is 50.9. The van der Waals surface area contributed by atoms with Crippen molar-refractivity contribution in [1.82, 2.24) is 50.3 Å². The van der Waals surface area contributed by atoms with E-state index in [1.54, 1.807) is 47.9 Å². The molecular weight excluding hydrogens is 1280 g/mol. The number of nitrogens with zero attached hydrogens (tertiary/aromatic N) is 14. The van der Waals surface area contributed by atoms with Crippen LogP contribution in [0.25, 0.3) is 0 Å². The number of para-hydroxylation sites is 1. The predicted octanol–water partition coefficient (Wildman–Crippen LogP) is 1.78. The number of phenols is 1. The summed E-state index contributed by atoms with van der Waals surface area (Å²) in [6.07, 6.45) is 7.33. The average molecular weight is 1340 g/mol. The van der Waals surface area contributed by atoms with E-state index in [9.17, 15) is 88.8 Å². The van der Waals surface area contributed by atoms with Gasteiger partial charge in [-0.25, -0.2) is 39.1 Å². The van der Waals surface area contributed by atoms with E-state index in [2.05, 4.69) is 40.4 Å². The minimum atomic E-state index is -1.17. The summed E-state index contributed by atoms with van der Waals surface area (Å²) in [5.41, 5.74) is 4.89. The van der Waals surface area contributed by atoms with Crippen molar-refractivity contribution in [3.8, 4) is 5.75 Å². The van der Waals surface area contributed by atoms with E-state index in [0.29, 0.717) is 55.6 Å². The first-order valence-corrected chi connectivity index (χ1v) is 29.1. The number of aromatic carboxylic acids is 1. The van der Waals surface area contributed by atoms with Crippen LogP contribution in [0.4, 0.5) is 34.6 Å². The van der Waals surface area contributed by atoms with E-state index in [4.69, 9.17) is 15.9 Å². The fourth-order valence-electron chi connectivity index (χ4n) is 9.69. The van der Waals surface area contributed by atoms with Gasteiger partial charge in [0.1, 0.15) is 18.1 Å². The van der Waals surface area contributed by atoms with Gasteiger partial charge in [0.25, 0.3) is 40.7 Å². The van der Waals surface area contributed by atoms with Gasteiger partial charge in [0, 0.05) is 138 Å². The number of aliphatic carboxylic acids is 3. The van der Waals surface area contributed by atoms with Gasteiger partial charge in [0.2, 0.25) is 11.9 Å². The minimum Gasteiger partial charge on any atom is -0.505 e. The zero-order valence-corrected chi connectivity index (χ0v) is 50.9. The molecule has 5 aliphatic rings. The predicted molar refractivity (Wildman–Crippen MR) is 335 cm³/mol. The van der Waals surface area contributed by atoms with Crippen LogP contribution in [0.1, 0.15) is 60.7 Å². The summed E-state index contributed by atoms with van der Waals surface area (Å²) >= 11 is 0. The lowest BCUT2D eigenvalue weighted by molar-refractivity contribution is -0.385. The number of hydrogen-bond acceptors (Lipinski definition) is 28. The topological polar surface area (TPSA) is 527 Å². The number of carbonyl (C=O) groups is 9. The van der Waals surface area contributed by atoms with Gasteiger partial charge in [-0.3, -0.25) is 59.3 Å². The van der Waals surface area contributed by atoms with Crippen molar-refractivity contribution in [3.63, 3.8) is 0 Å². The van der Waals surface area contributed by atoms with Crippen molar-refractivity contribution in [3.05, 3.63) is 181 Å². The number of aliphatic imine (C=N–C) groups is 1. The molecule has 9 N–H and O–H groups in total. The third-order valence-electron chi connectivity index (χ3n) is 14.6. The van der Waals surface area contributed by atoms with Crippen LogP contribution < -0.4 is 26.2 Å². The van der Waals surface area contributed by atoms with Crippen LogP contribution in [-0.4, -0.2) is 230 Å². The molecule has 0 radical (unpaired) electrons. The maximum atomic E-state index is 12.8. The maximum absolute atomic E-state index is 12.8. The molecule has 2 aromatic heterocycles. The molecule has 3 atom stereocenters. The van der Waals surface area contributed by atoms with Crippen LogP contribution in [-0.2, 0) is 28.8 Å². The number of nitro groups is 3. The van der Waals surface area contributed by atoms with Gasteiger partial charge in [-0.2, -0.15) is 0 Å². The number of amides is 4. The van der Waals surface area contributed by atoms with Crippen molar-refractivity contribution >= 4 is 94.1 Å². The molecule has 11 rings (SSSR count). The van der Waals surface area contributed by atoms with Gasteiger partial charge in [-0.15, -0.1) is 5.06 Å². The number of phenolic OH excluding ortho intramolecular Hbond substituents is 1. The number of non-ortho nitro benzene ring substituents is 3. The lowest BCUT2D eigenvalue weighted by atomic mass is 10.1. The quantitative estimate of drug-likeness (QED) is 0.0268. The zero-order chi connectivity index (χ0) is 70.5. The minimum absolute atomic E-state index is 0.00725. The van der Waals surface area contributed by atoms with E-state index in [-0.39, 0.29) is 89.8 Å². The number of nitrogens with two attached hydrogens (primary N) is 1. The number of hydrogen-bond donors (Lipinski definition) is 8. The number of nitrogen functional groups attached to an aromatic ring is 1. The number of carboxylic acids is 4. The number of imide groups is 1. The molecule has 508 valence electrons. The Kier molecular flexibility index (Phi) is 24.8. The Balaban J connectivity index is 0.000000175. The molecule has 3 unspecified atom stereocenters. The number of guanidine groups is 1. The molecule has 5 aliphatic heterocycles. The SMILES string of the molecule is Nc1cccc(C(=O)N2CCN(C3=NCCCN3)CC2C(=O)O)c1O.O=C(O)C1CN(c2ncccn2)CCN1.O=C(O)C1CN(c2ncccn2)CCN1C(=O)c1cccc([N+](=O)[O-])c1.O=C(O)c1cccc([N+](=O)[O-])c1.O=C(ON1C(=O)CCC1=O)c1cccc([N+](=O)[O-])c1. The molecule has 38 nitrogen and oxygen atoms in total. The van der Waals surface area contributed by atoms with Crippen LogP contribution >= 0.6 is 0 Å². The second kappa shape index (κ2) is 33.6. The number of carboxylic acid groups (broad SMARTS) is 4. The number of aromatic hydroxyl groups is 1. The van der Waals surface area contributed by atoms with Gasteiger partial charge >= 0.3 is 29.8 Å². The molecule has 38 heteroatoms. The van der Waals surface area contributed by atoms with Crippen molar-refractivity contribution in [2.45, 2.75) is 37.4 Å². The van der Waals surface area contributed by atoms with Gasteiger partial charge < -0.3 is 71.2 Å². The fourth-order valence-corrected chi connectivity index (χ4v) is 9.69. The molecule has 0 spiro atoms. The summed E-state index contributed by atoms with van der Waals surface area (Å²) in [6, 6.07) is 20.1. The van der Waals surface area contributed by atoms with E-state index >= 15 is 0 Å². The number of rotatable bonds is 13. The monoisotopic (exact) mass is 1340 g/mol. The van der Waals surface area contributed by atoms with Gasteiger partial charge in [-0.05, 0) is 48.9 Å². The fraction of sp³-hybridized carbons (Fsp3) is 0.288. The highest BCUT2D eigenvalue weighted by atomic mass is 16.7. The number of nitro benzene ring substituents is 3. The van der Waals surface area contributed by atoms with Crippen molar-refractivity contribution in [2.75, 3.05) is 87.5 Å². The maximum Gasteiger partial charge on any atom is 0.364 e. The molecule has 6 aromatic rings. The Hall–Kier alpha value is -12.9. The Bertz CT molecular complexity index is 3920. The van der Waals surface area contributed by atoms with Crippen LogP contribution in [0.2, 0.25) is 0 Å². The second-order valence-corrected chi connectivity index (χ2v) is 20.9. The Morgan fingerprint density at radius 2 is 1.03 bits per heavy atom. The molecule has 4 amide bonds. The normalized spacial score (nSPS) is 17.2. The lowest BCUT2D eigenvalue weighted by Crippen LogP contribution is -2.61. The third-order valence-corrected chi connectivity index (χ3v) is 14.6. The molecule has 0 bridgehead atoms. The third kappa shape index (κ3) is 19.3. The number of aromatic nitrogens is 4. The summed E-state index contributed by atoms with van der Waals surface area (Å²) in [6.45, 7) is 4.60. The summed E-state index contributed by atoms with van der Waals surface area (Å²) in [5.74, 6) is -6.25. The van der Waals surface area contributed by atoms with Crippen LogP contribution in [0, 0.1) is 30.3 Å². The number of carbonyl (C=O) groups excluding carboxylic acids is 5. The highest BCUT2D eigenvalue weighted by molar-refractivity contribution is 6.03. The Morgan fingerprint density at radius 1 is 0.557 bits per heavy atom. The van der Waals surface area contributed by atoms with Crippen LogP contribution in [0.3, 0.4) is 0 Å². The highest BCUT2D eigenvalue weighted by Gasteiger charge is 2.40. The number of benzene rings is 4. The van der Waals surface area contributed by atoms with E-state index in [0.717, 1.165) is 37.7 Å². The van der Waals surface area contributed by atoms with E-state index in [1.807, 2.05) is 9.80 Å². The molecule has 0 aliphatic carbocycles.